The van der Waals surface area contributed by atoms with Crippen molar-refractivity contribution in [1.29, 1.82) is 5.26 Å². The highest BCUT2D eigenvalue weighted by molar-refractivity contribution is 5.91. The van der Waals surface area contributed by atoms with Crippen LogP contribution in [0, 0.1) is 11.3 Å². The maximum absolute atomic E-state index is 12.0. The van der Waals surface area contributed by atoms with Crippen LogP contribution >= 0.6 is 0 Å². The number of amides is 1. The predicted octanol–water partition coefficient (Wildman–Crippen LogP) is 1.35. The van der Waals surface area contributed by atoms with Crippen LogP contribution in [0.3, 0.4) is 0 Å². The third-order valence-electron chi connectivity index (χ3n) is 3.27. The molecule has 19 heavy (non-hydrogen) atoms. The van der Waals surface area contributed by atoms with Crippen molar-refractivity contribution >= 4 is 12.0 Å². The molecule has 0 aliphatic carbocycles. The highest BCUT2D eigenvalue weighted by Gasteiger charge is 2.16. The van der Waals surface area contributed by atoms with E-state index in [2.05, 4.69) is 18.0 Å². The molecule has 0 bridgehead atoms. The number of nitriles is 1. The normalized spacial score (nSPS) is 16.5. The Kier molecular flexibility index (Phi) is 4.32. The van der Waals surface area contributed by atoms with Gasteiger partial charge in [0, 0.05) is 32.3 Å². The van der Waals surface area contributed by atoms with Crippen molar-refractivity contribution in [2.45, 2.75) is 0 Å². The topological polar surface area (TPSA) is 47.3 Å². The number of likely N-dealkylation sites (N-methyl/N-ethyl adjacent to an activating group) is 1. The van der Waals surface area contributed by atoms with Crippen LogP contribution in [-0.2, 0) is 4.79 Å². The van der Waals surface area contributed by atoms with Gasteiger partial charge in [0.1, 0.15) is 0 Å². The van der Waals surface area contributed by atoms with Gasteiger partial charge in [-0.05, 0) is 30.8 Å². The number of carbonyl (C=O) groups excluding carboxylic acids is 1. The standard InChI is InChI=1S/C15H17N3O/c1-17-8-10-18(11-9-17)15(19)7-6-13-2-4-14(12-16)5-3-13/h2-7H,8-11H2,1H3/b7-6+. The molecule has 0 aromatic heterocycles. The van der Waals surface area contributed by atoms with Crippen LogP contribution in [0.15, 0.2) is 30.3 Å². The lowest BCUT2D eigenvalue weighted by molar-refractivity contribution is -0.127. The second-order valence-electron chi connectivity index (χ2n) is 4.70. The van der Waals surface area contributed by atoms with E-state index in [0.717, 1.165) is 31.7 Å². The molecule has 0 atom stereocenters. The first-order chi connectivity index (χ1) is 9.19. The van der Waals surface area contributed by atoms with Crippen LogP contribution in [-0.4, -0.2) is 48.9 Å². The summed E-state index contributed by atoms with van der Waals surface area (Å²) in [6.07, 6.45) is 3.40. The SMILES string of the molecule is CN1CCN(C(=O)/C=C/c2ccc(C#N)cc2)CC1. The first kappa shape index (κ1) is 13.3. The number of carbonyl (C=O) groups is 1. The number of benzene rings is 1. The molecule has 4 heteroatoms. The molecule has 4 nitrogen and oxygen atoms in total. The summed E-state index contributed by atoms with van der Waals surface area (Å²) in [4.78, 5) is 16.0. The molecule has 1 aromatic rings. The van der Waals surface area contributed by atoms with Crippen molar-refractivity contribution in [3.8, 4) is 6.07 Å². The number of nitrogens with zero attached hydrogens (tertiary/aromatic N) is 3. The molecule has 1 amide bonds. The van der Waals surface area contributed by atoms with Crippen molar-refractivity contribution in [3.63, 3.8) is 0 Å². The third kappa shape index (κ3) is 3.67. The molecule has 1 saturated heterocycles. The molecule has 1 aliphatic rings. The molecule has 1 aromatic carbocycles. The summed E-state index contributed by atoms with van der Waals surface area (Å²) in [6, 6.07) is 9.25. The Morgan fingerprint density at radius 3 is 2.42 bits per heavy atom. The first-order valence-electron chi connectivity index (χ1n) is 6.35. The fourth-order valence-corrected chi connectivity index (χ4v) is 1.97. The van der Waals surface area contributed by atoms with Crippen LogP contribution in [0.1, 0.15) is 11.1 Å². The molecule has 0 saturated carbocycles. The second kappa shape index (κ2) is 6.17. The average molecular weight is 255 g/mol. The largest absolute Gasteiger partial charge is 0.337 e. The van der Waals surface area contributed by atoms with E-state index < -0.39 is 0 Å². The van der Waals surface area contributed by atoms with Gasteiger partial charge in [-0.3, -0.25) is 4.79 Å². The molecule has 0 unspecified atom stereocenters. The minimum Gasteiger partial charge on any atom is -0.337 e. The van der Waals surface area contributed by atoms with Gasteiger partial charge in [0.05, 0.1) is 11.6 Å². The van der Waals surface area contributed by atoms with E-state index in [0.29, 0.717) is 5.56 Å². The van der Waals surface area contributed by atoms with E-state index in [1.807, 2.05) is 17.0 Å². The maximum atomic E-state index is 12.0. The molecule has 0 spiro atoms. The van der Waals surface area contributed by atoms with Crippen molar-refractivity contribution in [1.82, 2.24) is 9.80 Å². The van der Waals surface area contributed by atoms with Crippen molar-refractivity contribution < 1.29 is 4.79 Å². The molecule has 98 valence electrons. The van der Waals surface area contributed by atoms with Crippen LogP contribution < -0.4 is 0 Å². The summed E-state index contributed by atoms with van der Waals surface area (Å²) in [7, 11) is 2.06. The Morgan fingerprint density at radius 1 is 1.21 bits per heavy atom. The Bertz CT molecular complexity index is 505. The van der Waals surface area contributed by atoms with Crippen LogP contribution in [0.2, 0.25) is 0 Å². The zero-order valence-corrected chi connectivity index (χ0v) is 11.0. The van der Waals surface area contributed by atoms with Gasteiger partial charge >= 0.3 is 0 Å². The van der Waals surface area contributed by atoms with Gasteiger partial charge in [0.2, 0.25) is 5.91 Å². The van der Waals surface area contributed by atoms with Crippen LogP contribution in [0.5, 0.6) is 0 Å². The molecule has 1 fully saturated rings. The highest BCUT2D eigenvalue weighted by Crippen LogP contribution is 2.06. The third-order valence-corrected chi connectivity index (χ3v) is 3.27. The van der Waals surface area contributed by atoms with E-state index >= 15 is 0 Å². The zero-order chi connectivity index (χ0) is 13.7. The number of hydrogen-bond acceptors (Lipinski definition) is 3. The Labute approximate surface area is 113 Å². The van der Waals surface area contributed by atoms with Gasteiger partial charge in [-0.15, -0.1) is 0 Å². The quantitative estimate of drug-likeness (QED) is 0.749. The minimum absolute atomic E-state index is 0.0532. The van der Waals surface area contributed by atoms with Gasteiger partial charge < -0.3 is 9.80 Å². The van der Waals surface area contributed by atoms with Gasteiger partial charge in [0.25, 0.3) is 0 Å². The molecule has 1 aliphatic heterocycles. The summed E-state index contributed by atoms with van der Waals surface area (Å²) in [5, 5.41) is 8.71. The zero-order valence-electron chi connectivity index (χ0n) is 11.0. The lowest BCUT2D eigenvalue weighted by Gasteiger charge is -2.31. The minimum atomic E-state index is 0.0532. The second-order valence-corrected chi connectivity index (χ2v) is 4.70. The summed E-state index contributed by atoms with van der Waals surface area (Å²) in [5.74, 6) is 0.0532. The summed E-state index contributed by atoms with van der Waals surface area (Å²) >= 11 is 0. The van der Waals surface area contributed by atoms with E-state index in [9.17, 15) is 4.79 Å². The molecule has 0 N–H and O–H groups in total. The van der Waals surface area contributed by atoms with Gasteiger partial charge in [-0.25, -0.2) is 0 Å². The molecular weight excluding hydrogens is 238 g/mol. The lowest BCUT2D eigenvalue weighted by Crippen LogP contribution is -2.46. The van der Waals surface area contributed by atoms with E-state index in [-0.39, 0.29) is 5.91 Å². The highest BCUT2D eigenvalue weighted by atomic mass is 16.2. The number of rotatable bonds is 2. The Morgan fingerprint density at radius 2 is 1.84 bits per heavy atom. The van der Waals surface area contributed by atoms with Gasteiger partial charge in [-0.2, -0.15) is 5.26 Å². The average Bonchev–Trinajstić information content (AvgIpc) is 2.46. The number of hydrogen-bond donors (Lipinski definition) is 0. The molecule has 0 radical (unpaired) electrons. The van der Waals surface area contributed by atoms with Crippen LogP contribution in [0.25, 0.3) is 6.08 Å². The first-order valence-corrected chi connectivity index (χ1v) is 6.35. The number of piperazine rings is 1. The van der Waals surface area contributed by atoms with Gasteiger partial charge in [-0.1, -0.05) is 12.1 Å². The predicted molar refractivity (Wildman–Crippen MR) is 74.3 cm³/mol. The van der Waals surface area contributed by atoms with E-state index in [1.165, 1.54) is 0 Å². The van der Waals surface area contributed by atoms with Crippen LogP contribution in [0.4, 0.5) is 0 Å². The lowest BCUT2D eigenvalue weighted by atomic mass is 10.1. The Balaban J connectivity index is 1.94. The monoisotopic (exact) mass is 255 g/mol. The van der Waals surface area contributed by atoms with Crippen molar-refractivity contribution in [2.24, 2.45) is 0 Å². The van der Waals surface area contributed by atoms with Crippen molar-refractivity contribution in [3.05, 3.63) is 41.5 Å². The fourth-order valence-electron chi connectivity index (χ4n) is 1.97. The molecule has 1 heterocycles. The molecule has 2 rings (SSSR count). The smallest absolute Gasteiger partial charge is 0.246 e. The van der Waals surface area contributed by atoms with Crippen molar-refractivity contribution in [2.75, 3.05) is 33.2 Å². The summed E-state index contributed by atoms with van der Waals surface area (Å²) in [6.45, 7) is 3.42. The van der Waals surface area contributed by atoms with E-state index in [1.54, 1.807) is 24.3 Å². The summed E-state index contributed by atoms with van der Waals surface area (Å²) in [5.41, 5.74) is 1.56. The van der Waals surface area contributed by atoms with E-state index in [4.69, 9.17) is 5.26 Å². The maximum Gasteiger partial charge on any atom is 0.246 e. The summed E-state index contributed by atoms with van der Waals surface area (Å²) < 4.78 is 0. The Hall–Kier alpha value is -2.12. The fraction of sp³-hybridized carbons (Fsp3) is 0.333. The molecular formula is C15H17N3O. The van der Waals surface area contributed by atoms with Gasteiger partial charge in [0.15, 0.2) is 0 Å².